The number of nitrogens with zero attached hydrogens (tertiary/aromatic N) is 4. The van der Waals surface area contributed by atoms with Crippen molar-refractivity contribution in [1.82, 2.24) is 24.4 Å². The van der Waals surface area contributed by atoms with Crippen LogP contribution in [-0.4, -0.2) is 50.7 Å². The van der Waals surface area contributed by atoms with Crippen LogP contribution in [0.2, 0.25) is 0 Å². The predicted molar refractivity (Wildman–Crippen MR) is 80.7 cm³/mol. The summed E-state index contributed by atoms with van der Waals surface area (Å²) in [6.07, 6.45) is 1.65. The molecule has 1 saturated heterocycles. The first kappa shape index (κ1) is 15.5. The van der Waals surface area contributed by atoms with E-state index in [2.05, 4.69) is 10.4 Å². The Balaban J connectivity index is 0.00000161. The van der Waals surface area contributed by atoms with Gasteiger partial charge in [0.15, 0.2) is 5.65 Å². The number of aromatic nitrogens is 3. The molecule has 0 radical (unpaired) electrons. The molecule has 114 valence electrons. The first-order chi connectivity index (χ1) is 9.66. The molecule has 0 aromatic carbocycles. The van der Waals surface area contributed by atoms with Gasteiger partial charge in [0.1, 0.15) is 6.54 Å². The second-order valence-electron chi connectivity index (χ2n) is 5.01. The quantitative estimate of drug-likeness (QED) is 0.829. The average Bonchev–Trinajstić information content (AvgIpc) is 2.76. The maximum atomic E-state index is 12.3. The predicted octanol–water partition coefficient (Wildman–Crippen LogP) is -0.262. The third kappa shape index (κ3) is 2.93. The number of amides is 1. The van der Waals surface area contributed by atoms with Gasteiger partial charge in [0.2, 0.25) is 5.91 Å². The van der Waals surface area contributed by atoms with Crippen LogP contribution in [-0.2, 0) is 11.3 Å². The summed E-state index contributed by atoms with van der Waals surface area (Å²) < 4.78 is 2.67. The minimum Gasteiger partial charge on any atom is -0.336 e. The van der Waals surface area contributed by atoms with Crippen LogP contribution < -0.4 is 11.0 Å². The molecule has 1 amide bonds. The molecule has 1 atom stereocenters. The Bertz CT molecular complexity index is 695. The van der Waals surface area contributed by atoms with Crippen molar-refractivity contribution in [2.24, 2.45) is 0 Å². The van der Waals surface area contributed by atoms with Crippen LogP contribution in [0.25, 0.3) is 5.65 Å². The summed E-state index contributed by atoms with van der Waals surface area (Å²) in [5.41, 5.74) is 0.274. The van der Waals surface area contributed by atoms with Crippen molar-refractivity contribution < 1.29 is 4.79 Å². The van der Waals surface area contributed by atoms with Crippen LogP contribution in [0.1, 0.15) is 6.92 Å². The van der Waals surface area contributed by atoms with Crippen LogP contribution in [0.3, 0.4) is 0 Å². The highest BCUT2D eigenvalue weighted by Gasteiger charge is 2.24. The van der Waals surface area contributed by atoms with E-state index in [0.29, 0.717) is 12.2 Å². The fraction of sp³-hybridized carbons (Fsp3) is 0.462. The molecule has 1 aliphatic heterocycles. The largest absolute Gasteiger partial charge is 0.350 e. The summed E-state index contributed by atoms with van der Waals surface area (Å²) in [6, 6.07) is 5.46. The molecule has 2 aromatic heterocycles. The van der Waals surface area contributed by atoms with Gasteiger partial charge in [0.05, 0.1) is 0 Å². The molecule has 1 N–H and O–H groups in total. The molecular weight excluding hydrogens is 294 g/mol. The highest BCUT2D eigenvalue weighted by atomic mass is 35.5. The minimum absolute atomic E-state index is 0. The number of fused-ring (bicyclic) bond motifs is 1. The van der Waals surface area contributed by atoms with E-state index in [0.717, 1.165) is 13.1 Å². The Morgan fingerprint density at radius 3 is 3.00 bits per heavy atom. The second kappa shape index (κ2) is 6.28. The molecule has 2 aromatic rings. The van der Waals surface area contributed by atoms with Crippen molar-refractivity contribution in [3.05, 3.63) is 34.9 Å². The van der Waals surface area contributed by atoms with E-state index < -0.39 is 0 Å². The summed E-state index contributed by atoms with van der Waals surface area (Å²) in [7, 11) is 0. The number of rotatable bonds is 2. The van der Waals surface area contributed by atoms with Gasteiger partial charge in [0, 0.05) is 31.9 Å². The van der Waals surface area contributed by atoms with E-state index in [9.17, 15) is 9.59 Å². The Hall–Kier alpha value is -1.86. The van der Waals surface area contributed by atoms with Crippen LogP contribution in [0, 0.1) is 0 Å². The Morgan fingerprint density at radius 2 is 2.29 bits per heavy atom. The zero-order chi connectivity index (χ0) is 14.1. The smallest absolute Gasteiger partial charge is 0.336 e. The van der Waals surface area contributed by atoms with E-state index in [1.54, 1.807) is 23.2 Å². The fourth-order valence-corrected chi connectivity index (χ4v) is 2.50. The van der Waals surface area contributed by atoms with Gasteiger partial charge in [-0.1, -0.05) is 6.07 Å². The molecular formula is C13H18ClN5O2. The molecule has 21 heavy (non-hydrogen) atoms. The minimum atomic E-state index is -0.281. The van der Waals surface area contributed by atoms with E-state index in [1.807, 2.05) is 13.0 Å². The lowest BCUT2D eigenvalue weighted by atomic mass is 10.2. The van der Waals surface area contributed by atoms with Crippen LogP contribution >= 0.6 is 12.4 Å². The maximum Gasteiger partial charge on any atom is 0.350 e. The summed E-state index contributed by atoms with van der Waals surface area (Å²) in [6.45, 7) is 4.23. The summed E-state index contributed by atoms with van der Waals surface area (Å²) in [4.78, 5) is 26.2. The summed E-state index contributed by atoms with van der Waals surface area (Å²) in [5.74, 6) is -0.0653. The number of pyridine rings is 1. The first-order valence-electron chi connectivity index (χ1n) is 6.71. The van der Waals surface area contributed by atoms with Crippen LogP contribution in [0.5, 0.6) is 0 Å². The number of carbonyl (C=O) groups excluding carboxylic acids is 1. The maximum absolute atomic E-state index is 12.3. The van der Waals surface area contributed by atoms with Gasteiger partial charge in [-0.15, -0.1) is 17.5 Å². The molecule has 1 fully saturated rings. The number of nitrogens with one attached hydrogen (secondary N) is 1. The van der Waals surface area contributed by atoms with Crippen LogP contribution in [0.15, 0.2) is 29.2 Å². The molecule has 0 spiro atoms. The number of piperazine rings is 1. The molecule has 7 nitrogen and oxygen atoms in total. The van der Waals surface area contributed by atoms with Gasteiger partial charge in [-0.25, -0.2) is 9.48 Å². The topological polar surface area (TPSA) is 71.6 Å². The van der Waals surface area contributed by atoms with E-state index >= 15 is 0 Å². The summed E-state index contributed by atoms with van der Waals surface area (Å²) in [5, 5.41) is 7.41. The first-order valence-corrected chi connectivity index (χ1v) is 6.71. The third-order valence-electron chi connectivity index (χ3n) is 3.60. The van der Waals surface area contributed by atoms with Gasteiger partial charge in [-0.2, -0.15) is 0 Å². The summed E-state index contributed by atoms with van der Waals surface area (Å²) >= 11 is 0. The fourth-order valence-electron chi connectivity index (χ4n) is 2.50. The molecule has 0 unspecified atom stereocenters. The van der Waals surface area contributed by atoms with Crippen molar-refractivity contribution >= 4 is 24.0 Å². The van der Waals surface area contributed by atoms with Gasteiger partial charge in [0.25, 0.3) is 0 Å². The highest BCUT2D eigenvalue weighted by Crippen LogP contribution is 2.04. The van der Waals surface area contributed by atoms with E-state index in [-0.39, 0.29) is 36.6 Å². The monoisotopic (exact) mass is 311 g/mol. The second-order valence-corrected chi connectivity index (χ2v) is 5.01. The molecule has 0 aliphatic carbocycles. The molecule has 3 heterocycles. The Morgan fingerprint density at radius 1 is 1.48 bits per heavy atom. The van der Waals surface area contributed by atoms with Gasteiger partial charge in [-0.05, 0) is 19.1 Å². The number of halogens is 1. The number of hydrogen-bond acceptors (Lipinski definition) is 4. The average molecular weight is 312 g/mol. The van der Waals surface area contributed by atoms with E-state index in [4.69, 9.17) is 0 Å². The lowest BCUT2D eigenvalue weighted by Gasteiger charge is -2.33. The molecule has 0 saturated carbocycles. The SMILES string of the molecule is C[C@@H]1CNCCN1C(=O)Cn1nc2ccccn2c1=O.Cl. The normalized spacial score (nSPS) is 18.5. The van der Waals surface area contributed by atoms with E-state index in [1.165, 1.54) is 9.08 Å². The van der Waals surface area contributed by atoms with Gasteiger partial charge >= 0.3 is 5.69 Å². The van der Waals surface area contributed by atoms with Crippen molar-refractivity contribution in [2.75, 3.05) is 19.6 Å². The Kier molecular flexibility index (Phi) is 4.64. The number of hydrogen-bond donors (Lipinski definition) is 1. The third-order valence-corrected chi connectivity index (χ3v) is 3.60. The van der Waals surface area contributed by atoms with Crippen molar-refractivity contribution in [3.8, 4) is 0 Å². The number of carbonyl (C=O) groups is 1. The highest BCUT2D eigenvalue weighted by molar-refractivity contribution is 5.85. The van der Waals surface area contributed by atoms with Gasteiger partial charge < -0.3 is 10.2 Å². The van der Waals surface area contributed by atoms with Gasteiger partial charge in [-0.3, -0.25) is 9.20 Å². The molecule has 3 rings (SSSR count). The van der Waals surface area contributed by atoms with Crippen molar-refractivity contribution in [2.45, 2.75) is 19.5 Å². The molecule has 0 bridgehead atoms. The molecule has 1 aliphatic rings. The Labute approximate surface area is 128 Å². The lowest BCUT2D eigenvalue weighted by molar-refractivity contribution is -0.134. The zero-order valence-electron chi connectivity index (χ0n) is 11.7. The standard InChI is InChI=1S/C13H17N5O2.ClH/c1-10-8-14-5-7-16(10)12(19)9-18-13(20)17-6-3-2-4-11(17)15-18;/h2-4,6,10,14H,5,7-9H2,1H3;1H/t10-;/m1./s1. The molecule has 8 heteroatoms. The zero-order valence-corrected chi connectivity index (χ0v) is 12.5. The van der Waals surface area contributed by atoms with Crippen molar-refractivity contribution in [3.63, 3.8) is 0 Å². The van der Waals surface area contributed by atoms with Crippen molar-refractivity contribution in [1.29, 1.82) is 0 Å². The lowest BCUT2D eigenvalue weighted by Crippen LogP contribution is -2.53. The van der Waals surface area contributed by atoms with Crippen LogP contribution in [0.4, 0.5) is 0 Å².